The lowest BCUT2D eigenvalue weighted by atomic mass is 10.1. The second-order valence-electron chi connectivity index (χ2n) is 4.44. The highest BCUT2D eigenvalue weighted by atomic mass is 35.5. The fourth-order valence-corrected chi connectivity index (χ4v) is 1.91. The third-order valence-electron chi connectivity index (χ3n) is 2.97. The Hall–Kier alpha value is -2.27. The van der Waals surface area contributed by atoms with E-state index in [0.717, 1.165) is 5.56 Å². The third-order valence-corrected chi connectivity index (χ3v) is 3.18. The van der Waals surface area contributed by atoms with E-state index in [2.05, 4.69) is 10.6 Å². The Morgan fingerprint density at radius 3 is 2.38 bits per heavy atom. The van der Waals surface area contributed by atoms with Gasteiger partial charge in [0, 0.05) is 17.8 Å². The van der Waals surface area contributed by atoms with E-state index in [-0.39, 0.29) is 16.9 Å². The molecule has 1 aromatic heterocycles. The van der Waals surface area contributed by atoms with Crippen LogP contribution in [-0.2, 0) is 4.79 Å². The van der Waals surface area contributed by atoms with Gasteiger partial charge in [0.1, 0.15) is 0 Å². The minimum atomic E-state index is -0.399. The number of rotatable bonds is 4. The molecule has 2 aromatic rings. The van der Waals surface area contributed by atoms with E-state index in [9.17, 15) is 9.59 Å². The van der Waals surface area contributed by atoms with Crippen LogP contribution in [0.2, 0.25) is 5.22 Å². The molecule has 0 spiro atoms. The number of furan rings is 1. The molecule has 1 aromatic carbocycles. The highest BCUT2D eigenvalue weighted by Crippen LogP contribution is 2.24. The standard InChI is InChI=1S/C15H15ClN2O3/c1-3-14(19)17-10-5-4-6-11(9(10)2)18-15(20)12-7-8-13(16)21-12/h4-8H,3H2,1-2H3,(H,17,19)(H,18,20). The molecule has 0 bridgehead atoms. The molecule has 21 heavy (non-hydrogen) atoms. The summed E-state index contributed by atoms with van der Waals surface area (Å²) < 4.78 is 5.05. The highest BCUT2D eigenvalue weighted by Gasteiger charge is 2.13. The van der Waals surface area contributed by atoms with Crippen molar-refractivity contribution in [2.24, 2.45) is 0 Å². The molecule has 0 unspecified atom stereocenters. The SMILES string of the molecule is CCC(=O)Nc1cccc(NC(=O)c2ccc(Cl)o2)c1C. The Kier molecular flexibility index (Phi) is 4.65. The van der Waals surface area contributed by atoms with Crippen molar-refractivity contribution in [3.05, 3.63) is 46.9 Å². The molecule has 0 radical (unpaired) electrons. The summed E-state index contributed by atoms with van der Waals surface area (Å²) in [6.07, 6.45) is 0.390. The number of halogens is 1. The summed E-state index contributed by atoms with van der Waals surface area (Å²) in [5.74, 6) is -0.356. The maximum absolute atomic E-state index is 12.0. The summed E-state index contributed by atoms with van der Waals surface area (Å²) in [7, 11) is 0. The van der Waals surface area contributed by atoms with E-state index in [0.29, 0.717) is 17.8 Å². The zero-order chi connectivity index (χ0) is 15.4. The Bertz CT molecular complexity index is 679. The average molecular weight is 307 g/mol. The van der Waals surface area contributed by atoms with Crippen molar-refractivity contribution < 1.29 is 14.0 Å². The summed E-state index contributed by atoms with van der Waals surface area (Å²) in [4.78, 5) is 23.5. The fraction of sp³-hybridized carbons (Fsp3) is 0.200. The maximum atomic E-state index is 12.0. The number of nitrogens with one attached hydrogen (secondary N) is 2. The zero-order valence-corrected chi connectivity index (χ0v) is 12.5. The molecular formula is C15H15ClN2O3. The van der Waals surface area contributed by atoms with Crippen molar-refractivity contribution in [2.45, 2.75) is 20.3 Å². The quantitative estimate of drug-likeness (QED) is 0.901. The molecular weight excluding hydrogens is 292 g/mol. The van der Waals surface area contributed by atoms with Crippen molar-refractivity contribution in [1.29, 1.82) is 0 Å². The third kappa shape index (κ3) is 3.64. The number of carbonyl (C=O) groups is 2. The molecule has 0 aliphatic heterocycles. The van der Waals surface area contributed by atoms with Crippen LogP contribution in [0.4, 0.5) is 11.4 Å². The topological polar surface area (TPSA) is 71.3 Å². The Balaban J connectivity index is 2.18. The minimum absolute atomic E-state index is 0.0839. The summed E-state index contributed by atoms with van der Waals surface area (Å²) in [5, 5.41) is 5.67. The van der Waals surface area contributed by atoms with Gasteiger partial charge in [0.15, 0.2) is 11.0 Å². The van der Waals surface area contributed by atoms with Crippen LogP contribution in [-0.4, -0.2) is 11.8 Å². The molecule has 0 saturated carbocycles. The molecule has 0 atom stereocenters. The Morgan fingerprint density at radius 2 is 1.81 bits per heavy atom. The first-order chi connectivity index (χ1) is 10.0. The van der Waals surface area contributed by atoms with Gasteiger partial charge in [0.25, 0.3) is 5.91 Å². The van der Waals surface area contributed by atoms with Gasteiger partial charge < -0.3 is 15.1 Å². The molecule has 2 N–H and O–H groups in total. The van der Waals surface area contributed by atoms with Crippen LogP contribution in [0.3, 0.4) is 0 Å². The van der Waals surface area contributed by atoms with E-state index in [1.165, 1.54) is 12.1 Å². The van der Waals surface area contributed by atoms with Gasteiger partial charge in [-0.3, -0.25) is 9.59 Å². The largest absolute Gasteiger partial charge is 0.440 e. The van der Waals surface area contributed by atoms with E-state index < -0.39 is 5.91 Å². The number of benzene rings is 1. The molecule has 0 aliphatic carbocycles. The van der Waals surface area contributed by atoms with Crippen molar-refractivity contribution in [3.8, 4) is 0 Å². The van der Waals surface area contributed by atoms with Gasteiger partial charge in [-0.25, -0.2) is 0 Å². The lowest BCUT2D eigenvalue weighted by molar-refractivity contribution is -0.115. The highest BCUT2D eigenvalue weighted by molar-refractivity contribution is 6.29. The average Bonchev–Trinajstić information content (AvgIpc) is 2.89. The van der Waals surface area contributed by atoms with Gasteiger partial charge in [0.05, 0.1) is 0 Å². The number of carbonyl (C=O) groups excluding carboxylic acids is 2. The fourth-order valence-electron chi connectivity index (χ4n) is 1.77. The number of hydrogen-bond acceptors (Lipinski definition) is 3. The Labute approximate surface area is 127 Å². The van der Waals surface area contributed by atoms with E-state index in [1.54, 1.807) is 25.1 Å². The van der Waals surface area contributed by atoms with Crippen molar-refractivity contribution in [2.75, 3.05) is 10.6 Å². The second-order valence-corrected chi connectivity index (χ2v) is 4.81. The summed E-state index contributed by atoms with van der Waals surface area (Å²) >= 11 is 5.64. The molecule has 0 aliphatic rings. The first-order valence-corrected chi connectivity index (χ1v) is 6.85. The lowest BCUT2D eigenvalue weighted by Crippen LogP contribution is -2.14. The van der Waals surface area contributed by atoms with Gasteiger partial charge in [-0.2, -0.15) is 0 Å². The van der Waals surface area contributed by atoms with Crippen LogP contribution in [0.5, 0.6) is 0 Å². The van der Waals surface area contributed by atoms with Crippen molar-refractivity contribution >= 4 is 34.8 Å². The van der Waals surface area contributed by atoms with Crippen LogP contribution in [0.25, 0.3) is 0 Å². The zero-order valence-electron chi connectivity index (χ0n) is 11.7. The van der Waals surface area contributed by atoms with Crippen LogP contribution in [0.1, 0.15) is 29.5 Å². The van der Waals surface area contributed by atoms with E-state index in [4.69, 9.17) is 16.0 Å². The lowest BCUT2D eigenvalue weighted by Gasteiger charge is -2.12. The van der Waals surface area contributed by atoms with Crippen molar-refractivity contribution in [3.63, 3.8) is 0 Å². The normalized spacial score (nSPS) is 10.2. The van der Waals surface area contributed by atoms with Gasteiger partial charge in [-0.15, -0.1) is 0 Å². The first kappa shape index (κ1) is 15.1. The number of hydrogen-bond donors (Lipinski definition) is 2. The van der Waals surface area contributed by atoms with Crippen LogP contribution < -0.4 is 10.6 Å². The number of anilines is 2. The van der Waals surface area contributed by atoms with Crippen molar-refractivity contribution in [1.82, 2.24) is 0 Å². The van der Waals surface area contributed by atoms with Gasteiger partial charge in [-0.05, 0) is 48.4 Å². The van der Waals surface area contributed by atoms with Gasteiger partial charge in [-0.1, -0.05) is 13.0 Å². The molecule has 0 fully saturated rings. The molecule has 0 saturated heterocycles. The second kappa shape index (κ2) is 6.45. The molecule has 2 rings (SSSR count). The van der Waals surface area contributed by atoms with E-state index >= 15 is 0 Å². The van der Waals surface area contributed by atoms with Crippen LogP contribution in [0, 0.1) is 6.92 Å². The van der Waals surface area contributed by atoms with Gasteiger partial charge in [0.2, 0.25) is 5.91 Å². The molecule has 5 nitrogen and oxygen atoms in total. The van der Waals surface area contributed by atoms with Crippen LogP contribution in [0.15, 0.2) is 34.7 Å². The summed E-state index contributed by atoms with van der Waals surface area (Å²) in [6.45, 7) is 3.59. The molecule has 6 heteroatoms. The monoisotopic (exact) mass is 306 g/mol. The van der Waals surface area contributed by atoms with E-state index in [1.807, 2.05) is 6.92 Å². The first-order valence-electron chi connectivity index (χ1n) is 6.47. The summed E-state index contributed by atoms with van der Waals surface area (Å²) in [6, 6.07) is 8.28. The molecule has 2 amide bonds. The van der Waals surface area contributed by atoms with Crippen LogP contribution >= 0.6 is 11.6 Å². The summed E-state index contributed by atoms with van der Waals surface area (Å²) in [5.41, 5.74) is 2.03. The van der Waals surface area contributed by atoms with Gasteiger partial charge >= 0.3 is 0 Å². The molecule has 1 heterocycles. The number of amides is 2. The Morgan fingerprint density at radius 1 is 1.14 bits per heavy atom. The maximum Gasteiger partial charge on any atom is 0.291 e. The predicted molar refractivity (Wildman–Crippen MR) is 81.8 cm³/mol. The molecule has 110 valence electrons. The minimum Gasteiger partial charge on any atom is -0.440 e. The smallest absolute Gasteiger partial charge is 0.291 e. The predicted octanol–water partition coefficient (Wildman–Crippen LogP) is 3.84.